The Balaban J connectivity index is 2.16. The minimum Gasteiger partial charge on any atom is -0.229 e. The van der Waals surface area contributed by atoms with Gasteiger partial charge in [0, 0.05) is 13.1 Å². The summed E-state index contributed by atoms with van der Waals surface area (Å²) in [4.78, 5) is -0.717. The predicted molar refractivity (Wildman–Crippen MR) is 86.8 cm³/mol. The molecule has 24 heavy (non-hydrogen) atoms. The van der Waals surface area contributed by atoms with Crippen LogP contribution in [0.15, 0.2) is 23.1 Å². The van der Waals surface area contributed by atoms with Crippen molar-refractivity contribution in [2.45, 2.75) is 36.8 Å². The summed E-state index contributed by atoms with van der Waals surface area (Å²) in [6.45, 7) is 3.56. The maximum atomic E-state index is 13.8. The lowest BCUT2D eigenvalue weighted by Crippen LogP contribution is -2.43. The van der Waals surface area contributed by atoms with Crippen molar-refractivity contribution < 1.29 is 25.6 Å². The Morgan fingerprint density at radius 3 is 2.25 bits per heavy atom. The second-order valence-electron chi connectivity index (χ2n) is 6.40. The summed E-state index contributed by atoms with van der Waals surface area (Å²) in [6, 6.07) is 2.26. The van der Waals surface area contributed by atoms with Gasteiger partial charge in [-0.3, -0.25) is 0 Å². The van der Waals surface area contributed by atoms with E-state index < -0.39 is 41.6 Å². The first-order valence-corrected chi connectivity index (χ1v) is 10.9. The summed E-state index contributed by atoms with van der Waals surface area (Å²) >= 11 is 0. The van der Waals surface area contributed by atoms with Gasteiger partial charge in [0.05, 0.1) is 11.0 Å². The van der Waals surface area contributed by atoms with Crippen LogP contribution in [0.5, 0.6) is 0 Å². The lowest BCUT2D eigenvalue weighted by molar-refractivity contribution is 0.343. The molecule has 1 saturated heterocycles. The average Bonchev–Trinajstić information content (AvgIpc) is 2.48. The van der Waals surface area contributed by atoms with E-state index in [1.165, 1.54) is 0 Å². The second kappa shape index (κ2) is 7.05. The van der Waals surface area contributed by atoms with E-state index in [9.17, 15) is 25.6 Å². The van der Waals surface area contributed by atoms with Crippen LogP contribution >= 0.6 is 0 Å². The van der Waals surface area contributed by atoms with Gasteiger partial charge >= 0.3 is 0 Å². The van der Waals surface area contributed by atoms with Crippen LogP contribution in [0.1, 0.15) is 26.7 Å². The van der Waals surface area contributed by atoms with Crippen molar-refractivity contribution >= 4 is 19.9 Å². The second-order valence-corrected chi connectivity index (χ2v) is 10.6. The molecular weight excluding hydrogens is 360 g/mol. The lowest BCUT2D eigenvalue weighted by Gasteiger charge is -2.31. The van der Waals surface area contributed by atoms with Crippen LogP contribution in [0.25, 0.3) is 0 Å². The molecular formula is C15H21F2NO4S2. The number of piperidine rings is 1. The quantitative estimate of drug-likeness (QED) is 0.784. The number of rotatable bonds is 5. The van der Waals surface area contributed by atoms with E-state index in [1.807, 2.05) is 13.8 Å². The molecule has 1 fully saturated rings. The molecule has 0 atom stereocenters. The molecule has 0 radical (unpaired) electrons. The largest absolute Gasteiger partial charge is 0.246 e. The summed E-state index contributed by atoms with van der Waals surface area (Å²) in [6.07, 6.45) is 0.316. The van der Waals surface area contributed by atoms with E-state index in [1.54, 1.807) is 0 Å². The fourth-order valence-electron chi connectivity index (χ4n) is 2.85. The highest BCUT2D eigenvalue weighted by Crippen LogP contribution is 2.26. The van der Waals surface area contributed by atoms with E-state index >= 15 is 0 Å². The monoisotopic (exact) mass is 381 g/mol. The molecule has 1 heterocycles. The molecule has 136 valence electrons. The highest BCUT2D eigenvalue weighted by Gasteiger charge is 2.36. The zero-order valence-corrected chi connectivity index (χ0v) is 15.2. The van der Waals surface area contributed by atoms with Crippen molar-refractivity contribution in [3.05, 3.63) is 29.8 Å². The number of benzene rings is 1. The smallest absolute Gasteiger partial charge is 0.229 e. The number of sulfonamides is 1. The van der Waals surface area contributed by atoms with Gasteiger partial charge in [-0.2, -0.15) is 4.31 Å². The van der Waals surface area contributed by atoms with Crippen molar-refractivity contribution in [1.29, 1.82) is 0 Å². The minimum atomic E-state index is -4.18. The van der Waals surface area contributed by atoms with Gasteiger partial charge in [-0.1, -0.05) is 13.8 Å². The van der Waals surface area contributed by atoms with Crippen LogP contribution in [0, 0.1) is 17.6 Å². The Bertz CT molecular complexity index is 799. The molecule has 0 N–H and O–H groups in total. The molecule has 0 aromatic heterocycles. The third kappa shape index (κ3) is 4.12. The van der Waals surface area contributed by atoms with Gasteiger partial charge in [0.1, 0.15) is 16.5 Å². The van der Waals surface area contributed by atoms with Crippen molar-refractivity contribution in [3.63, 3.8) is 0 Å². The maximum absolute atomic E-state index is 13.8. The number of nitrogens with zero attached hydrogens (tertiary/aromatic N) is 1. The van der Waals surface area contributed by atoms with Crippen LogP contribution < -0.4 is 0 Å². The summed E-state index contributed by atoms with van der Waals surface area (Å²) in [5, 5.41) is -0.594. The third-order valence-electron chi connectivity index (χ3n) is 3.99. The van der Waals surface area contributed by atoms with Crippen LogP contribution in [-0.4, -0.2) is 45.2 Å². The molecule has 0 unspecified atom stereocenters. The Morgan fingerprint density at radius 2 is 1.71 bits per heavy atom. The molecule has 0 spiro atoms. The maximum Gasteiger partial charge on any atom is 0.246 e. The molecule has 0 aliphatic carbocycles. The van der Waals surface area contributed by atoms with E-state index in [4.69, 9.17) is 0 Å². The topological polar surface area (TPSA) is 71.5 Å². The summed E-state index contributed by atoms with van der Waals surface area (Å²) in [5.41, 5.74) is 0. The zero-order chi connectivity index (χ0) is 18.1. The van der Waals surface area contributed by atoms with Gasteiger partial charge in [-0.25, -0.2) is 25.6 Å². The predicted octanol–water partition coefficient (Wildman–Crippen LogP) is 2.19. The number of halogens is 2. The fraction of sp³-hybridized carbons (Fsp3) is 0.600. The average molecular weight is 381 g/mol. The van der Waals surface area contributed by atoms with Gasteiger partial charge < -0.3 is 0 Å². The number of hydrogen-bond acceptors (Lipinski definition) is 4. The molecule has 0 amide bonds. The molecule has 5 nitrogen and oxygen atoms in total. The van der Waals surface area contributed by atoms with Crippen LogP contribution in [0.3, 0.4) is 0 Å². The van der Waals surface area contributed by atoms with Gasteiger partial charge in [0.25, 0.3) is 0 Å². The summed E-state index contributed by atoms with van der Waals surface area (Å²) < 4.78 is 77.5. The molecule has 1 aliphatic heterocycles. The standard InChI is InChI=1S/C15H21F2NO4S2/c1-11(2)10-23(19,20)13-5-7-18(8-6-13)24(21,22)15-9-12(16)3-4-14(15)17/h3-4,9,11,13H,5-8,10H2,1-2H3. The minimum absolute atomic E-state index is 0.00171. The van der Waals surface area contributed by atoms with E-state index in [2.05, 4.69) is 0 Å². The Labute approximate surface area is 141 Å². The number of hydrogen-bond donors (Lipinski definition) is 0. The normalized spacial score (nSPS) is 18.2. The van der Waals surface area contributed by atoms with Crippen LogP contribution in [0.4, 0.5) is 8.78 Å². The fourth-order valence-corrected chi connectivity index (χ4v) is 6.52. The van der Waals surface area contributed by atoms with Gasteiger partial charge in [-0.05, 0) is 37.0 Å². The first-order chi connectivity index (χ1) is 11.0. The molecule has 0 saturated carbocycles. The molecule has 1 aliphatic rings. The lowest BCUT2D eigenvalue weighted by atomic mass is 10.2. The van der Waals surface area contributed by atoms with E-state index in [-0.39, 0.29) is 37.6 Å². The summed E-state index contributed by atoms with van der Waals surface area (Å²) in [7, 11) is -7.47. The van der Waals surface area contributed by atoms with Crippen molar-refractivity contribution in [2.24, 2.45) is 5.92 Å². The third-order valence-corrected chi connectivity index (χ3v) is 8.52. The van der Waals surface area contributed by atoms with Crippen LogP contribution in [0.2, 0.25) is 0 Å². The zero-order valence-electron chi connectivity index (χ0n) is 13.6. The molecule has 1 aromatic rings. The number of sulfone groups is 1. The van der Waals surface area contributed by atoms with Crippen LogP contribution in [-0.2, 0) is 19.9 Å². The van der Waals surface area contributed by atoms with Gasteiger partial charge in [-0.15, -0.1) is 0 Å². The molecule has 1 aromatic carbocycles. The van der Waals surface area contributed by atoms with Crippen molar-refractivity contribution in [1.82, 2.24) is 4.31 Å². The van der Waals surface area contributed by atoms with E-state index in [0.29, 0.717) is 6.07 Å². The summed E-state index contributed by atoms with van der Waals surface area (Å²) in [5.74, 6) is -1.81. The Kier molecular flexibility index (Phi) is 5.66. The highest BCUT2D eigenvalue weighted by atomic mass is 32.2. The first-order valence-electron chi connectivity index (χ1n) is 7.71. The Hall–Kier alpha value is -1.06. The van der Waals surface area contributed by atoms with Crippen molar-refractivity contribution in [2.75, 3.05) is 18.8 Å². The Morgan fingerprint density at radius 1 is 1.12 bits per heavy atom. The van der Waals surface area contributed by atoms with Gasteiger partial charge in [0.15, 0.2) is 9.84 Å². The van der Waals surface area contributed by atoms with Crippen molar-refractivity contribution in [3.8, 4) is 0 Å². The van der Waals surface area contributed by atoms with E-state index in [0.717, 1.165) is 16.4 Å². The molecule has 9 heteroatoms. The molecule has 2 rings (SSSR count). The van der Waals surface area contributed by atoms with Gasteiger partial charge in [0.2, 0.25) is 10.0 Å². The highest BCUT2D eigenvalue weighted by molar-refractivity contribution is 7.92. The molecule has 0 bridgehead atoms. The first kappa shape index (κ1) is 19.3. The SMILES string of the molecule is CC(C)CS(=O)(=O)C1CCN(S(=O)(=O)c2cc(F)ccc2F)CC1.